The van der Waals surface area contributed by atoms with Crippen molar-refractivity contribution in [2.24, 2.45) is 0 Å². The SMILES string of the molecule is CC[C@H](NC(=O)C1CCCc2sccc21)C(=O)O. The molecule has 1 aromatic rings. The third kappa shape index (κ3) is 2.56. The average molecular weight is 267 g/mol. The van der Waals surface area contributed by atoms with Crippen LogP contribution in [0.1, 0.15) is 42.5 Å². The lowest BCUT2D eigenvalue weighted by Gasteiger charge is -2.23. The van der Waals surface area contributed by atoms with Crippen molar-refractivity contribution in [2.45, 2.75) is 44.6 Å². The van der Waals surface area contributed by atoms with Crippen molar-refractivity contribution in [3.63, 3.8) is 0 Å². The normalized spacial score (nSPS) is 19.9. The molecule has 1 unspecified atom stereocenters. The molecular weight excluding hydrogens is 250 g/mol. The van der Waals surface area contributed by atoms with Gasteiger partial charge in [0.15, 0.2) is 0 Å². The maximum Gasteiger partial charge on any atom is 0.326 e. The first kappa shape index (κ1) is 13.1. The summed E-state index contributed by atoms with van der Waals surface area (Å²) >= 11 is 1.68. The number of nitrogens with one attached hydrogen (secondary N) is 1. The zero-order valence-electron chi connectivity index (χ0n) is 10.3. The highest BCUT2D eigenvalue weighted by Crippen LogP contribution is 2.35. The fourth-order valence-corrected chi connectivity index (χ4v) is 3.36. The van der Waals surface area contributed by atoms with Crippen LogP contribution in [0, 0.1) is 0 Å². The Morgan fingerprint density at radius 1 is 1.61 bits per heavy atom. The third-order valence-corrected chi connectivity index (χ3v) is 4.39. The van der Waals surface area contributed by atoms with Gasteiger partial charge in [-0.1, -0.05) is 6.92 Å². The molecule has 1 aliphatic rings. The molecule has 0 fully saturated rings. The molecule has 1 heterocycles. The van der Waals surface area contributed by atoms with Crippen molar-refractivity contribution in [3.05, 3.63) is 21.9 Å². The van der Waals surface area contributed by atoms with Crippen LogP contribution in [0.4, 0.5) is 0 Å². The Morgan fingerprint density at radius 3 is 3.06 bits per heavy atom. The highest BCUT2D eigenvalue weighted by molar-refractivity contribution is 7.10. The Morgan fingerprint density at radius 2 is 2.39 bits per heavy atom. The van der Waals surface area contributed by atoms with E-state index < -0.39 is 12.0 Å². The summed E-state index contributed by atoms with van der Waals surface area (Å²) in [5, 5.41) is 13.6. The summed E-state index contributed by atoms with van der Waals surface area (Å²) in [5.74, 6) is -1.29. The van der Waals surface area contributed by atoms with Gasteiger partial charge in [0.05, 0.1) is 5.92 Å². The van der Waals surface area contributed by atoms with Crippen LogP contribution in [0.25, 0.3) is 0 Å². The lowest BCUT2D eigenvalue weighted by molar-refractivity contribution is -0.142. The van der Waals surface area contributed by atoms with E-state index in [0.29, 0.717) is 6.42 Å². The number of carboxylic acids is 1. The maximum absolute atomic E-state index is 12.2. The topological polar surface area (TPSA) is 66.4 Å². The van der Waals surface area contributed by atoms with Gasteiger partial charge in [0.25, 0.3) is 0 Å². The fourth-order valence-electron chi connectivity index (χ4n) is 2.37. The van der Waals surface area contributed by atoms with Crippen LogP contribution in [0.3, 0.4) is 0 Å². The Kier molecular flexibility index (Phi) is 4.01. The van der Waals surface area contributed by atoms with E-state index in [4.69, 9.17) is 5.11 Å². The molecular formula is C13H17NO3S. The number of fused-ring (bicyclic) bond motifs is 1. The van der Waals surface area contributed by atoms with E-state index in [9.17, 15) is 9.59 Å². The van der Waals surface area contributed by atoms with Crippen molar-refractivity contribution >= 4 is 23.2 Å². The summed E-state index contributed by atoms with van der Waals surface area (Å²) < 4.78 is 0. The first-order valence-electron chi connectivity index (χ1n) is 6.23. The highest BCUT2D eigenvalue weighted by atomic mass is 32.1. The van der Waals surface area contributed by atoms with E-state index in [2.05, 4.69) is 5.32 Å². The van der Waals surface area contributed by atoms with Gasteiger partial charge in [-0.3, -0.25) is 4.79 Å². The first-order chi connectivity index (χ1) is 8.63. The molecule has 0 bridgehead atoms. The maximum atomic E-state index is 12.2. The Balaban J connectivity index is 2.09. The molecule has 4 nitrogen and oxygen atoms in total. The van der Waals surface area contributed by atoms with Crippen LogP contribution in [-0.2, 0) is 16.0 Å². The molecule has 0 aliphatic heterocycles. The summed E-state index contributed by atoms with van der Waals surface area (Å²) in [4.78, 5) is 24.4. The number of aliphatic carboxylic acids is 1. The lowest BCUT2D eigenvalue weighted by Crippen LogP contribution is -2.43. The number of carbonyl (C=O) groups excluding carboxylic acids is 1. The molecule has 1 aromatic heterocycles. The van der Waals surface area contributed by atoms with E-state index in [0.717, 1.165) is 24.8 Å². The van der Waals surface area contributed by atoms with E-state index in [-0.39, 0.29) is 11.8 Å². The van der Waals surface area contributed by atoms with Gasteiger partial charge in [-0.05, 0) is 42.7 Å². The fraction of sp³-hybridized carbons (Fsp3) is 0.538. The van der Waals surface area contributed by atoms with Gasteiger partial charge in [0.1, 0.15) is 6.04 Å². The molecule has 0 saturated carbocycles. The van der Waals surface area contributed by atoms with E-state index in [1.807, 2.05) is 11.4 Å². The van der Waals surface area contributed by atoms with Crippen LogP contribution < -0.4 is 5.32 Å². The molecule has 0 spiro atoms. The van der Waals surface area contributed by atoms with Crippen molar-refractivity contribution in [2.75, 3.05) is 0 Å². The van der Waals surface area contributed by atoms with Crippen LogP contribution in [-0.4, -0.2) is 23.0 Å². The second-order valence-electron chi connectivity index (χ2n) is 4.55. The van der Waals surface area contributed by atoms with E-state index in [1.165, 1.54) is 4.88 Å². The number of aryl methyl sites for hydroxylation is 1. The molecule has 5 heteroatoms. The minimum absolute atomic E-state index is 0.149. The van der Waals surface area contributed by atoms with Gasteiger partial charge >= 0.3 is 5.97 Å². The summed E-state index contributed by atoms with van der Waals surface area (Å²) in [6.07, 6.45) is 3.25. The number of thiophene rings is 1. The number of hydrogen-bond donors (Lipinski definition) is 2. The van der Waals surface area contributed by atoms with E-state index >= 15 is 0 Å². The predicted molar refractivity (Wildman–Crippen MR) is 69.9 cm³/mol. The zero-order valence-corrected chi connectivity index (χ0v) is 11.1. The monoisotopic (exact) mass is 267 g/mol. The number of carbonyl (C=O) groups is 2. The molecule has 2 atom stereocenters. The third-order valence-electron chi connectivity index (χ3n) is 3.39. The number of carboxylic acid groups (broad SMARTS) is 1. The molecule has 0 saturated heterocycles. The van der Waals surface area contributed by atoms with Crippen LogP contribution >= 0.6 is 11.3 Å². The van der Waals surface area contributed by atoms with Crippen LogP contribution in [0.15, 0.2) is 11.4 Å². The highest BCUT2D eigenvalue weighted by Gasteiger charge is 2.29. The summed E-state index contributed by atoms with van der Waals surface area (Å²) in [7, 11) is 0. The number of hydrogen-bond acceptors (Lipinski definition) is 3. The summed E-state index contributed by atoms with van der Waals surface area (Å²) in [6, 6.07) is 1.21. The largest absolute Gasteiger partial charge is 0.480 e. The minimum atomic E-state index is -0.966. The van der Waals surface area contributed by atoms with Crippen molar-refractivity contribution in [1.29, 1.82) is 0 Å². The quantitative estimate of drug-likeness (QED) is 0.878. The standard InChI is InChI=1S/C13H17NO3S/c1-2-10(13(16)17)14-12(15)9-4-3-5-11-8(9)6-7-18-11/h6-7,9-10H,2-5H2,1H3,(H,14,15)(H,16,17)/t9?,10-/m0/s1. The van der Waals surface area contributed by atoms with Gasteiger partial charge < -0.3 is 10.4 Å². The lowest BCUT2D eigenvalue weighted by atomic mass is 9.87. The Bertz CT molecular complexity index is 455. The molecule has 1 amide bonds. The zero-order chi connectivity index (χ0) is 13.1. The molecule has 0 aromatic carbocycles. The van der Waals surface area contributed by atoms with Crippen LogP contribution in [0.2, 0.25) is 0 Å². The first-order valence-corrected chi connectivity index (χ1v) is 7.11. The smallest absolute Gasteiger partial charge is 0.326 e. The van der Waals surface area contributed by atoms with Crippen molar-refractivity contribution in [1.82, 2.24) is 5.32 Å². The number of amides is 1. The van der Waals surface area contributed by atoms with E-state index in [1.54, 1.807) is 18.3 Å². The predicted octanol–water partition coefficient (Wildman–Crippen LogP) is 2.15. The second kappa shape index (κ2) is 5.52. The van der Waals surface area contributed by atoms with Crippen molar-refractivity contribution in [3.8, 4) is 0 Å². The number of rotatable bonds is 4. The Labute approximate surface area is 110 Å². The summed E-state index contributed by atoms with van der Waals surface area (Å²) in [5.41, 5.74) is 1.09. The molecule has 2 N–H and O–H groups in total. The second-order valence-corrected chi connectivity index (χ2v) is 5.55. The van der Waals surface area contributed by atoms with Gasteiger partial charge in [0, 0.05) is 4.88 Å². The van der Waals surface area contributed by atoms with Crippen LogP contribution in [0.5, 0.6) is 0 Å². The summed E-state index contributed by atoms with van der Waals surface area (Å²) in [6.45, 7) is 1.76. The van der Waals surface area contributed by atoms with Gasteiger partial charge in [-0.15, -0.1) is 11.3 Å². The molecule has 1 aliphatic carbocycles. The van der Waals surface area contributed by atoms with Gasteiger partial charge in [-0.2, -0.15) is 0 Å². The Hall–Kier alpha value is -1.36. The molecule has 0 radical (unpaired) electrons. The van der Waals surface area contributed by atoms with Crippen molar-refractivity contribution < 1.29 is 14.7 Å². The molecule has 2 rings (SSSR count). The minimum Gasteiger partial charge on any atom is -0.480 e. The van der Waals surface area contributed by atoms with Gasteiger partial charge in [-0.25, -0.2) is 4.79 Å². The molecule has 18 heavy (non-hydrogen) atoms. The van der Waals surface area contributed by atoms with Gasteiger partial charge in [0.2, 0.25) is 5.91 Å². The average Bonchev–Trinajstić information content (AvgIpc) is 2.82. The molecule has 98 valence electrons.